The largest absolute Gasteiger partial charge is 0.474 e. The molecule has 1 aliphatic rings. The molecule has 4 heteroatoms. The molecule has 4 rings (SSSR count). The summed E-state index contributed by atoms with van der Waals surface area (Å²) in [7, 11) is 0. The Bertz CT molecular complexity index is 976. The highest BCUT2D eigenvalue weighted by Gasteiger charge is 2.22. The maximum absolute atomic E-state index is 5.96. The molecule has 0 saturated carbocycles. The number of aromatic nitrogens is 1. The summed E-state index contributed by atoms with van der Waals surface area (Å²) in [6, 6.07) is 21.5. The summed E-state index contributed by atoms with van der Waals surface area (Å²) in [4.78, 5) is 4.86. The molecular weight excluding hydrogens is 364 g/mol. The molecule has 2 aromatic carbocycles. The maximum Gasteiger partial charge on any atom is 0.233 e. The van der Waals surface area contributed by atoms with E-state index in [1.807, 2.05) is 11.8 Å². The molecule has 1 aromatic heterocycles. The lowest BCUT2D eigenvalue weighted by Gasteiger charge is -2.11. The van der Waals surface area contributed by atoms with E-state index in [-0.39, 0.29) is 6.04 Å². The highest BCUT2D eigenvalue weighted by Crippen LogP contribution is 2.21. The van der Waals surface area contributed by atoms with Crippen molar-refractivity contribution < 1.29 is 4.74 Å². The van der Waals surface area contributed by atoms with Crippen LogP contribution in [0, 0.1) is 13.8 Å². The third-order valence-electron chi connectivity index (χ3n) is 5.19. The van der Waals surface area contributed by atoms with Crippen LogP contribution in [0.2, 0.25) is 0 Å². The molecule has 0 radical (unpaired) electrons. The predicted molar refractivity (Wildman–Crippen MR) is 118 cm³/mol. The van der Waals surface area contributed by atoms with Gasteiger partial charge in [-0.05, 0) is 48.2 Å². The molecule has 28 heavy (non-hydrogen) atoms. The molecule has 0 N–H and O–H groups in total. The fraction of sp³-hybridized carbons (Fsp3) is 0.292. The standard InChI is InChI=1S/C24H26N2OS/c1-18-8-3-5-10-20(18)14-26-13-7-12-23(26)24-25-22(15-27-24)17-28-16-21-11-6-4-9-19(21)2/h3-13,22H,14-17H2,1-2H3/t22-/m1/s1. The van der Waals surface area contributed by atoms with Crippen LogP contribution in [-0.4, -0.2) is 28.9 Å². The molecule has 0 bridgehead atoms. The summed E-state index contributed by atoms with van der Waals surface area (Å²) in [5, 5.41) is 0. The van der Waals surface area contributed by atoms with Crippen molar-refractivity contribution in [3.63, 3.8) is 0 Å². The molecule has 144 valence electrons. The minimum Gasteiger partial charge on any atom is -0.474 e. The second kappa shape index (κ2) is 8.70. The van der Waals surface area contributed by atoms with Gasteiger partial charge in [-0.15, -0.1) is 0 Å². The lowest BCUT2D eigenvalue weighted by molar-refractivity contribution is 0.323. The average molecular weight is 391 g/mol. The first-order chi connectivity index (χ1) is 13.7. The Hall–Kier alpha value is -2.46. The maximum atomic E-state index is 5.96. The highest BCUT2D eigenvalue weighted by molar-refractivity contribution is 7.98. The van der Waals surface area contributed by atoms with Crippen molar-refractivity contribution in [2.24, 2.45) is 4.99 Å². The molecule has 0 spiro atoms. The molecule has 2 heterocycles. The third-order valence-corrected chi connectivity index (χ3v) is 6.33. The quantitative estimate of drug-likeness (QED) is 0.552. The first-order valence-electron chi connectivity index (χ1n) is 9.73. The summed E-state index contributed by atoms with van der Waals surface area (Å²) in [5.74, 6) is 2.79. The Morgan fingerprint density at radius 1 is 0.964 bits per heavy atom. The van der Waals surface area contributed by atoms with E-state index in [9.17, 15) is 0 Å². The van der Waals surface area contributed by atoms with Gasteiger partial charge in [-0.3, -0.25) is 0 Å². The zero-order chi connectivity index (χ0) is 19.3. The number of aliphatic imine (C=N–C) groups is 1. The number of ether oxygens (including phenoxy) is 1. The molecule has 3 nitrogen and oxygen atoms in total. The van der Waals surface area contributed by atoms with Gasteiger partial charge in [0.1, 0.15) is 12.3 Å². The van der Waals surface area contributed by atoms with E-state index in [0.717, 1.165) is 29.6 Å². The highest BCUT2D eigenvalue weighted by atomic mass is 32.2. The van der Waals surface area contributed by atoms with Crippen LogP contribution in [0.15, 0.2) is 71.9 Å². The molecule has 1 atom stereocenters. The Balaban J connectivity index is 1.39. The van der Waals surface area contributed by atoms with Gasteiger partial charge < -0.3 is 9.30 Å². The van der Waals surface area contributed by atoms with E-state index in [1.165, 1.54) is 22.3 Å². The van der Waals surface area contributed by atoms with Crippen molar-refractivity contribution in [3.8, 4) is 0 Å². The fourth-order valence-corrected chi connectivity index (χ4v) is 4.54. The normalized spacial score (nSPS) is 16.1. The monoisotopic (exact) mass is 390 g/mol. The molecule has 0 unspecified atom stereocenters. The molecular formula is C24H26N2OS. The summed E-state index contributed by atoms with van der Waals surface area (Å²) >= 11 is 1.93. The summed E-state index contributed by atoms with van der Waals surface area (Å²) < 4.78 is 8.19. The van der Waals surface area contributed by atoms with Gasteiger partial charge in [-0.2, -0.15) is 11.8 Å². The van der Waals surface area contributed by atoms with Gasteiger partial charge in [0.25, 0.3) is 0 Å². The molecule has 0 aliphatic carbocycles. The van der Waals surface area contributed by atoms with Crippen LogP contribution in [0.5, 0.6) is 0 Å². The van der Waals surface area contributed by atoms with E-state index in [0.29, 0.717) is 6.61 Å². The molecule has 1 aliphatic heterocycles. The van der Waals surface area contributed by atoms with E-state index in [2.05, 4.69) is 85.3 Å². The zero-order valence-corrected chi connectivity index (χ0v) is 17.3. The number of hydrogen-bond acceptors (Lipinski definition) is 3. The molecule has 0 amide bonds. The Morgan fingerprint density at radius 3 is 2.43 bits per heavy atom. The number of benzene rings is 2. The summed E-state index contributed by atoms with van der Waals surface area (Å²) in [6.07, 6.45) is 2.11. The minimum atomic E-state index is 0.228. The summed E-state index contributed by atoms with van der Waals surface area (Å²) in [5.41, 5.74) is 6.46. The number of thioether (sulfide) groups is 1. The van der Waals surface area contributed by atoms with Crippen LogP contribution >= 0.6 is 11.8 Å². The van der Waals surface area contributed by atoms with Crippen LogP contribution in [0.1, 0.15) is 27.9 Å². The van der Waals surface area contributed by atoms with Crippen molar-refractivity contribution in [2.75, 3.05) is 12.4 Å². The second-order valence-electron chi connectivity index (χ2n) is 7.29. The van der Waals surface area contributed by atoms with Crippen LogP contribution in [0.25, 0.3) is 0 Å². The second-order valence-corrected chi connectivity index (χ2v) is 8.32. The predicted octanol–water partition coefficient (Wildman–Crippen LogP) is 5.23. The Labute approximate surface area is 171 Å². The molecule has 0 fully saturated rings. The fourth-order valence-electron chi connectivity index (χ4n) is 3.44. The number of hydrogen-bond donors (Lipinski definition) is 0. The lowest BCUT2D eigenvalue weighted by Crippen LogP contribution is -2.11. The smallest absolute Gasteiger partial charge is 0.233 e. The van der Waals surface area contributed by atoms with E-state index < -0.39 is 0 Å². The Kier molecular flexibility index (Phi) is 5.87. The van der Waals surface area contributed by atoms with Gasteiger partial charge in [0, 0.05) is 24.2 Å². The lowest BCUT2D eigenvalue weighted by atomic mass is 10.1. The first-order valence-corrected chi connectivity index (χ1v) is 10.9. The van der Waals surface area contributed by atoms with Gasteiger partial charge in [-0.1, -0.05) is 48.5 Å². The topological polar surface area (TPSA) is 26.5 Å². The number of nitrogens with zero attached hydrogens (tertiary/aromatic N) is 2. The van der Waals surface area contributed by atoms with Gasteiger partial charge in [0.05, 0.1) is 6.04 Å². The van der Waals surface area contributed by atoms with E-state index in [1.54, 1.807) is 0 Å². The first kappa shape index (κ1) is 18.9. The SMILES string of the molecule is Cc1ccccc1CSC[C@H]1COC(c2cccn2Cc2ccccc2C)=N1. The minimum absolute atomic E-state index is 0.228. The van der Waals surface area contributed by atoms with Gasteiger partial charge in [-0.25, -0.2) is 4.99 Å². The Morgan fingerprint density at radius 2 is 1.68 bits per heavy atom. The van der Waals surface area contributed by atoms with Crippen molar-refractivity contribution in [3.05, 3.63) is 94.8 Å². The average Bonchev–Trinajstić information content (AvgIpc) is 3.34. The number of rotatable bonds is 7. The van der Waals surface area contributed by atoms with Gasteiger partial charge in [0.2, 0.25) is 5.90 Å². The van der Waals surface area contributed by atoms with Crippen molar-refractivity contribution >= 4 is 17.7 Å². The molecule has 3 aromatic rings. The van der Waals surface area contributed by atoms with Crippen LogP contribution < -0.4 is 0 Å². The third kappa shape index (κ3) is 4.33. The van der Waals surface area contributed by atoms with Crippen LogP contribution in [0.3, 0.4) is 0 Å². The zero-order valence-electron chi connectivity index (χ0n) is 16.5. The van der Waals surface area contributed by atoms with Crippen LogP contribution in [-0.2, 0) is 17.0 Å². The van der Waals surface area contributed by atoms with Gasteiger partial charge >= 0.3 is 0 Å². The van der Waals surface area contributed by atoms with Gasteiger partial charge in [0.15, 0.2) is 0 Å². The number of aryl methyl sites for hydroxylation is 2. The van der Waals surface area contributed by atoms with E-state index >= 15 is 0 Å². The molecule has 0 saturated heterocycles. The van der Waals surface area contributed by atoms with Crippen molar-refractivity contribution in [2.45, 2.75) is 32.2 Å². The van der Waals surface area contributed by atoms with Crippen molar-refractivity contribution in [1.82, 2.24) is 4.57 Å². The van der Waals surface area contributed by atoms with Crippen LogP contribution in [0.4, 0.5) is 0 Å². The van der Waals surface area contributed by atoms with E-state index in [4.69, 9.17) is 9.73 Å². The van der Waals surface area contributed by atoms with Crippen molar-refractivity contribution in [1.29, 1.82) is 0 Å². The summed E-state index contributed by atoms with van der Waals surface area (Å²) in [6.45, 7) is 5.84.